The van der Waals surface area contributed by atoms with Gasteiger partial charge < -0.3 is 5.32 Å². The molecular formula is C15H25ClN2S. The van der Waals surface area contributed by atoms with Crippen LogP contribution >= 0.6 is 23.7 Å². The summed E-state index contributed by atoms with van der Waals surface area (Å²) >= 11 is 1.91. The maximum Gasteiger partial charge on any atom is 0.0330 e. The minimum Gasteiger partial charge on any atom is -0.317 e. The normalized spacial score (nSPS) is 20.5. The molecule has 108 valence electrons. The van der Waals surface area contributed by atoms with E-state index in [1.165, 1.54) is 63.2 Å². The van der Waals surface area contributed by atoms with Crippen molar-refractivity contribution in [2.75, 3.05) is 19.6 Å². The Kier molecular flexibility index (Phi) is 6.14. The number of piperidine rings is 1. The SMILES string of the molecule is Cl.c1csc(CN(CCC2CCNCC2)C2CC2)c1. The van der Waals surface area contributed by atoms with E-state index in [-0.39, 0.29) is 12.4 Å². The molecule has 0 aromatic carbocycles. The van der Waals surface area contributed by atoms with E-state index in [0.29, 0.717) is 0 Å². The van der Waals surface area contributed by atoms with Gasteiger partial charge in [0, 0.05) is 17.5 Å². The van der Waals surface area contributed by atoms with Crippen LogP contribution in [-0.2, 0) is 6.54 Å². The first-order valence-electron chi connectivity index (χ1n) is 7.39. The zero-order chi connectivity index (χ0) is 12.2. The highest BCUT2D eigenvalue weighted by Gasteiger charge is 2.29. The van der Waals surface area contributed by atoms with Gasteiger partial charge >= 0.3 is 0 Å². The largest absolute Gasteiger partial charge is 0.317 e. The van der Waals surface area contributed by atoms with Crippen molar-refractivity contribution in [3.05, 3.63) is 22.4 Å². The Balaban J connectivity index is 0.00000133. The second kappa shape index (κ2) is 7.63. The van der Waals surface area contributed by atoms with Crippen LogP contribution in [0.15, 0.2) is 17.5 Å². The summed E-state index contributed by atoms with van der Waals surface area (Å²) in [4.78, 5) is 4.26. The fourth-order valence-corrected chi connectivity index (χ4v) is 3.68. The molecule has 0 unspecified atom stereocenters. The Morgan fingerprint density at radius 3 is 2.63 bits per heavy atom. The fraction of sp³-hybridized carbons (Fsp3) is 0.733. The van der Waals surface area contributed by atoms with E-state index in [0.717, 1.165) is 12.0 Å². The monoisotopic (exact) mass is 300 g/mol. The molecule has 4 heteroatoms. The van der Waals surface area contributed by atoms with Gasteiger partial charge in [-0.25, -0.2) is 0 Å². The molecule has 1 saturated heterocycles. The van der Waals surface area contributed by atoms with E-state index in [9.17, 15) is 0 Å². The zero-order valence-electron chi connectivity index (χ0n) is 11.5. The van der Waals surface area contributed by atoms with Crippen molar-refractivity contribution >= 4 is 23.7 Å². The van der Waals surface area contributed by atoms with Crippen molar-refractivity contribution in [1.82, 2.24) is 10.2 Å². The molecule has 19 heavy (non-hydrogen) atoms. The zero-order valence-corrected chi connectivity index (χ0v) is 13.1. The smallest absolute Gasteiger partial charge is 0.0330 e. The molecule has 1 aromatic rings. The molecule has 2 heterocycles. The molecule has 1 saturated carbocycles. The quantitative estimate of drug-likeness (QED) is 0.865. The lowest BCUT2D eigenvalue weighted by molar-refractivity contribution is 0.221. The number of nitrogens with one attached hydrogen (secondary N) is 1. The first-order chi connectivity index (χ1) is 8.92. The number of hydrogen-bond donors (Lipinski definition) is 1. The van der Waals surface area contributed by atoms with Crippen LogP contribution in [0.5, 0.6) is 0 Å². The third-order valence-electron chi connectivity index (χ3n) is 4.29. The molecule has 0 bridgehead atoms. The van der Waals surface area contributed by atoms with Crippen LogP contribution in [0.2, 0.25) is 0 Å². The molecule has 1 aliphatic carbocycles. The minimum atomic E-state index is 0. The second-order valence-corrected chi connectivity index (χ2v) is 6.80. The lowest BCUT2D eigenvalue weighted by Crippen LogP contribution is -2.32. The van der Waals surface area contributed by atoms with Gasteiger partial charge in [0.2, 0.25) is 0 Å². The van der Waals surface area contributed by atoms with Gasteiger partial charge in [0.1, 0.15) is 0 Å². The van der Waals surface area contributed by atoms with Crippen LogP contribution in [0.25, 0.3) is 0 Å². The lowest BCUT2D eigenvalue weighted by Gasteiger charge is -2.27. The van der Waals surface area contributed by atoms with Crippen LogP contribution < -0.4 is 5.32 Å². The maximum atomic E-state index is 3.46. The van der Waals surface area contributed by atoms with Gasteiger partial charge in [0.05, 0.1) is 0 Å². The maximum absolute atomic E-state index is 3.46. The molecule has 0 spiro atoms. The number of thiophene rings is 1. The molecule has 2 aliphatic rings. The van der Waals surface area contributed by atoms with E-state index >= 15 is 0 Å². The third-order valence-corrected chi connectivity index (χ3v) is 5.15. The van der Waals surface area contributed by atoms with Gasteiger partial charge in [-0.2, -0.15) is 0 Å². The standard InChI is InChI=1S/C15H24N2S.ClH/c1-2-15(18-11-1)12-17(14-3-4-14)10-7-13-5-8-16-9-6-13;/h1-2,11,13-14,16H,3-10,12H2;1H. The predicted octanol–water partition coefficient (Wildman–Crippen LogP) is 3.52. The summed E-state index contributed by atoms with van der Waals surface area (Å²) in [6.07, 6.45) is 7.04. The van der Waals surface area contributed by atoms with Crippen molar-refractivity contribution in [3.8, 4) is 0 Å². The highest BCUT2D eigenvalue weighted by molar-refractivity contribution is 7.09. The predicted molar refractivity (Wildman–Crippen MR) is 85.2 cm³/mol. The Morgan fingerprint density at radius 1 is 1.21 bits per heavy atom. The fourth-order valence-electron chi connectivity index (χ4n) is 2.95. The molecule has 0 amide bonds. The van der Waals surface area contributed by atoms with Crippen LogP contribution in [0, 0.1) is 5.92 Å². The summed E-state index contributed by atoms with van der Waals surface area (Å²) in [7, 11) is 0. The van der Waals surface area contributed by atoms with Crippen LogP contribution in [-0.4, -0.2) is 30.6 Å². The summed E-state index contributed by atoms with van der Waals surface area (Å²) < 4.78 is 0. The van der Waals surface area contributed by atoms with Crippen molar-refractivity contribution in [1.29, 1.82) is 0 Å². The molecule has 1 aliphatic heterocycles. The van der Waals surface area contributed by atoms with Crippen molar-refractivity contribution in [2.45, 2.75) is 44.7 Å². The number of nitrogens with zero attached hydrogens (tertiary/aromatic N) is 1. The van der Waals surface area contributed by atoms with E-state index in [2.05, 4.69) is 27.7 Å². The van der Waals surface area contributed by atoms with Gasteiger partial charge in [0.15, 0.2) is 0 Å². The minimum absolute atomic E-state index is 0. The van der Waals surface area contributed by atoms with Crippen LogP contribution in [0.4, 0.5) is 0 Å². The molecule has 0 atom stereocenters. The van der Waals surface area contributed by atoms with Crippen molar-refractivity contribution in [2.24, 2.45) is 5.92 Å². The van der Waals surface area contributed by atoms with Crippen molar-refractivity contribution in [3.63, 3.8) is 0 Å². The summed E-state index contributed by atoms with van der Waals surface area (Å²) in [5.74, 6) is 0.968. The highest BCUT2D eigenvalue weighted by Crippen LogP contribution is 2.30. The lowest BCUT2D eigenvalue weighted by atomic mass is 9.94. The van der Waals surface area contributed by atoms with Gasteiger partial charge in [-0.15, -0.1) is 23.7 Å². The summed E-state index contributed by atoms with van der Waals surface area (Å²) in [6, 6.07) is 5.36. The Bertz CT molecular complexity index is 345. The van der Waals surface area contributed by atoms with Gasteiger partial charge in [0.25, 0.3) is 0 Å². The first-order valence-corrected chi connectivity index (χ1v) is 8.27. The van der Waals surface area contributed by atoms with Gasteiger partial charge in [-0.1, -0.05) is 6.07 Å². The van der Waals surface area contributed by atoms with Gasteiger partial charge in [-0.3, -0.25) is 4.90 Å². The number of rotatable bonds is 6. The average molecular weight is 301 g/mol. The highest BCUT2D eigenvalue weighted by atomic mass is 35.5. The molecule has 0 radical (unpaired) electrons. The molecule has 1 N–H and O–H groups in total. The van der Waals surface area contributed by atoms with E-state index in [1.54, 1.807) is 0 Å². The molecular weight excluding hydrogens is 276 g/mol. The summed E-state index contributed by atoms with van der Waals surface area (Å²) in [5, 5.41) is 5.66. The molecule has 1 aromatic heterocycles. The number of halogens is 1. The molecule has 3 rings (SSSR count). The summed E-state index contributed by atoms with van der Waals surface area (Å²) in [5.41, 5.74) is 0. The number of hydrogen-bond acceptors (Lipinski definition) is 3. The van der Waals surface area contributed by atoms with Gasteiger partial charge in [-0.05, 0) is 69.1 Å². The second-order valence-electron chi connectivity index (χ2n) is 5.76. The van der Waals surface area contributed by atoms with Crippen LogP contribution in [0.3, 0.4) is 0 Å². The van der Waals surface area contributed by atoms with E-state index in [1.807, 2.05) is 11.3 Å². The molecule has 2 nitrogen and oxygen atoms in total. The van der Waals surface area contributed by atoms with E-state index in [4.69, 9.17) is 0 Å². The first kappa shape index (κ1) is 15.3. The van der Waals surface area contributed by atoms with Crippen molar-refractivity contribution < 1.29 is 0 Å². The Hall–Kier alpha value is -0.0900. The third kappa shape index (κ3) is 4.75. The topological polar surface area (TPSA) is 15.3 Å². The Labute approximate surface area is 127 Å². The summed E-state index contributed by atoms with van der Waals surface area (Å²) in [6.45, 7) is 4.97. The Morgan fingerprint density at radius 2 is 2.00 bits per heavy atom. The van der Waals surface area contributed by atoms with E-state index < -0.39 is 0 Å². The average Bonchev–Trinajstić information content (AvgIpc) is 3.13. The van der Waals surface area contributed by atoms with Crippen LogP contribution in [0.1, 0.15) is 37.0 Å². The molecule has 2 fully saturated rings.